The fourth-order valence-electron chi connectivity index (χ4n) is 1.25. The zero-order chi connectivity index (χ0) is 14.3. The molecule has 1 atom stereocenters. The Morgan fingerprint density at radius 2 is 1.83 bits per heavy atom. The molecule has 0 aliphatic carbocycles. The van der Waals surface area contributed by atoms with Gasteiger partial charge in [-0.15, -0.1) is 0 Å². The highest BCUT2D eigenvalue weighted by molar-refractivity contribution is 5.95. The lowest BCUT2D eigenvalue weighted by molar-refractivity contribution is -0.142. The Balaban J connectivity index is 4.22. The van der Waals surface area contributed by atoms with Crippen LogP contribution in [-0.4, -0.2) is 35.5 Å². The standard InChI is InChI=1S/C12H20N2O4/c1-7(2)5-9(12(17)18)14-10(15)6-13-11(16)8(3)4/h7,9H,3,5-6H2,1-2,4H3,(H,13,16)(H,14,15)(H,17,18)/t9-/m0/s1. The first-order valence-corrected chi connectivity index (χ1v) is 5.70. The van der Waals surface area contributed by atoms with Gasteiger partial charge in [0, 0.05) is 5.57 Å². The van der Waals surface area contributed by atoms with Gasteiger partial charge in [0.1, 0.15) is 6.04 Å². The molecule has 6 heteroatoms. The Kier molecular flexibility index (Phi) is 6.70. The van der Waals surface area contributed by atoms with E-state index in [-0.39, 0.29) is 12.5 Å². The van der Waals surface area contributed by atoms with Gasteiger partial charge in [-0.05, 0) is 19.3 Å². The molecule has 0 rings (SSSR count). The molecule has 0 bridgehead atoms. The van der Waals surface area contributed by atoms with Gasteiger partial charge in [0.2, 0.25) is 11.8 Å². The van der Waals surface area contributed by atoms with Gasteiger partial charge < -0.3 is 15.7 Å². The molecule has 2 amide bonds. The lowest BCUT2D eigenvalue weighted by atomic mass is 10.0. The van der Waals surface area contributed by atoms with E-state index in [9.17, 15) is 14.4 Å². The number of hydrogen-bond donors (Lipinski definition) is 3. The minimum atomic E-state index is -1.08. The van der Waals surface area contributed by atoms with Crippen molar-refractivity contribution < 1.29 is 19.5 Å². The molecule has 0 radical (unpaired) electrons. The second kappa shape index (κ2) is 7.47. The summed E-state index contributed by atoms with van der Waals surface area (Å²) in [6.07, 6.45) is 0.343. The van der Waals surface area contributed by atoms with Crippen LogP contribution in [0.2, 0.25) is 0 Å². The first-order chi connectivity index (χ1) is 8.23. The van der Waals surface area contributed by atoms with Crippen molar-refractivity contribution in [1.82, 2.24) is 10.6 Å². The van der Waals surface area contributed by atoms with Crippen LogP contribution in [0.4, 0.5) is 0 Å². The van der Waals surface area contributed by atoms with E-state index in [0.29, 0.717) is 12.0 Å². The number of hydrogen-bond acceptors (Lipinski definition) is 3. The highest BCUT2D eigenvalue weighted by Crippen LogP contribution is 2.04. The van der Waals surface area contributed by atoms with Crippen LogP contribution in [0.5, 0.6) is 0 Å². The van der Waals surface area contributed by atoms with Gasteiger partial charge in [-0.2, -0.15) is 0 Å². The maximum Gasteiger partial charge on any atom is 0.326 e. The summed E-state index contributed by atoms with van der Waals surface area (Å²) < 4.78 is 0. The highest BCUT2D eigenvalue weighted by Gasteiger charge is 2.21. The van der Waals surface area contributed by atoms with E-state index in [2.05, 4.69) is 17.2 Å². The van der Waals surface area contributed by atoms with Gasteiger partial charge in [-0.3, -0.25) is 9.59 Å². The van der Waals surface area contributed by atoms with Crippen molar-refractivity contribution in [1.29, 1.82) is 0 Å². The van der Waals surface area contributed by atoms with Gasteiger partial charge in [-0.1, -0.05) is 20.4 Å². The summed E-state index contributed by atoms with van der Waals surface area (Å²) in [7, 11) is 0. The predicted octanol–water partition coefficient (Wildman–Crippen LogP) is 0.294. The maximum atomic E-state index is 11.4. The fourth-order valence-corrected chi connectivity index (χ4v) is 1.25. The minimum Gasteiger partial charge on any atom is -0.480 e. The van der Waals surface area contributed by atoms with Crippen LogP contribution in [0.3, 0.4) is 0 Å². The zero-order valence-corrected chi connectivity index (χ0v) is 10.9. The summed E-state index contributed by atoms with van der Waals surface area (Å²) in [6.45, 7) is 8.42. The van der Waals surface area contributed by atoms with Gasteiger partial charge in [0.25, 0.3) is 0 Å². The lowest BCUT2D eigenvalue weighted by Crippen LogP contribution is -2.46. The Hall–Kier alpha value is -1.85. The van der Waals surface area contributed by atoms with Crippen molar-refractivity contribution in [3.05, 3.63) is 12.2 Å². The van der Waals surface area contributed by atoms with E-state index < -0.39 is 23.8 Å². The molecule has 0 aliphatic rings. The molecule has 102 valence electrons. The number of nitrogens with one attached hydrogen (secondary N) is 2. The Bertz CT molecular complexity index is 350. The topological polar surface area (TPSA) is 95.5 Å². The van der Waals surface area contributed by atoms with E-state index >= 15 is 0 Å². The molecular formula is C12H20N2O4. The molecule has 0 aliphatic heterocycles. The first kappa shape index (κ1) is 16.1. The highest BCUT2D eigenvalue weighted by atomic mass is 16.4. The van der Waals surface area contributed by atoms with Crippen molar-refractivity contribution in [2.24, 2.45) is 5.92 Å². The van der Waals surface area contributed by atoms with Gasteiger partial charge >= 0.3 is 5.97 Å². The molecule has 0 heterocycles. The average molecular weight is 256 g/mol. The second-order valence-electron chi connectivity index (χ2n) is 4.55. The van der Waals surface area contributed by atoms with Crippen LogP contribution >= 0.6 is 0 Å². The molecule has 0 aromatic carbocycles. The largest absolute Gasteiger partial charge is 0.480 e. The molecule has 18 heavy (non-hydrogen) atoms. The van der Waals surface area contributed by atoms with Gasteiger partial charge in [-0.25, -0.2) is 4.79 Å². The zero-order valence-electron chi connectivity index (χ0n) is 10.9. The number of rotatable bonds is 7. The smallest absolute Gasteiger partial charge is 0.326 e. The maximum absolute atomic E-state index is 11.4. The molecule has 0 fully saturated rings. The Morgan fingerprint density at radius 3 is 2.22 bits per heavy atom. The molecule has 0 unspecified atom stereocenters. The summed E-state index contributed by atoms with van der Waals surface area (Å²) >= 11 is 0. The number of amides is 2. The molecule has 0 aromatic heterocycles. The van der Waals surface area contributed by atoms with Crippen molar-refractivity contribution in [3.8, 4) is 0 Å². The van der Waals surface area contributed by atoms with Crippen LogP contribution in [0.1, 0.15) is 27.2 Å². The van der Waals surface area contributed by atoms with E-state index in [1.54, 1.807) is 0 Å². The molecule has 0 aromatic rings. The quantitative estimate of drug-likeness (QED) is 0.571. The number of carboxylic acid groups (broad SMARTS) is 1. The van der Waals surface area contributed by atoms with E-state index in [1.807, 2.05) is 13.8 Å². The monoisotopic (exact) mass is 256 g/mol. The van der Waals surface area contributed by atoms with E-state index in [1.165, 1.54) is 6.92 Å². The third-order valence-electron chi connectivity index (χ3n) is 2.14. The third kappa shape index (κ3) is 6.67. The van der Waals surface area contributed by atoms with Crippen molar-refractivity contribution in [3.63, 3.8) is 0 Å². The molecule has 0 spiro atoms. The van der Waals surface area contributed by atoms with Gasteiger partial charge in [0.05, 0.1) is 6.54 Å². The summed E-state index contributed by atoms with van der Waals surface area (Å²) in [6, 6.07) is -0.931. The second-order valence-corrected chi connectivity index (χ2v) is 4.55. The fraction of sp³-hybridized carbons (Fsp3) is 0.583. The van der Waals surface area contributed by atoms with Crippen LogP contribution < -0.4 is 10.6 Å². The van der Waals surface area contributed by atoms with Crippen molar-refractivity contribution >= 4 is 17.8 Å². The third-order valence-corrected chi connectivity index (χ3v) is 2.14. The van der Waals surface area contributed by atoms with Crippen LogP contribution in [0, 0.1) is 5.92 Å². The summed E-state index contributed by atoms with van der Waals surface area (Å²) in [4.78, 5) is 33.5. The number of carboxylic acids is 1. The van der Waals surface area contributed by atoms with Crippen LogP contribution in [0.25, 0.3) is 0 Å². The van der Waals surface area contributed by atoms with Crippen molar-refractivity contribution in [2.75, 3.05) is 6.54 Å². The van der Waals surface area contributed by atoms with Crippen molar-refractivity contribution in [2.45, 2.75) is 33.2 Å². The molecule has 0 saturated heterocycles. The first-order valence-electron chi connectivity index (χ1n) is 5.70. The number of carbonyl (C=O) groups is 3. The normalized spacial score (nSPS) is 11.8. The molecule has 0 saturated carbocycles. The number of aliphatic carboxylic acids is 1. The predicted molar refractivity (Wildman–Crippen MR) is 66.8 cm³/mol. The number of carbonyl (C=O) groups excluding carboxylic acids is 2. The summed E-state index contributed by atoms with van der Waals surface area (Å²) in [5, 5.41) is 13.6. The Labute approximate surface area is 106 Å². The lowest BCUT2D eigenvalue weighted by Gasteiger charge is -2.16. The molecular weight excluding hydrogens is 236 g/mol. The van der Waals surface area contributed by atoms with Crippen LogP contribution in [0.15, 0.2) is 12.2 Å². The molecule has 6 nitrogen and oxygen atoms in total. The minimum absolute atomic E-state index is 0.149. The van der Waals surface area contributed by atoms with E-state index in [4.69, 9.17) is 5.11 Å². The van der Waals surface area contributed by atoms with Gasteiger partial charge in [0.15, 0.2) is 0 Å². The van der Waals surface area contributed by atoms with E-state index in [0.717, 1.165) is 0 Å². The molecule has 3 N–H and O–H groups in total. The Morgan fingerprint density at radius 1 is 1.28 bits per heavy atom. The van der Waals surface area contributed by atoms with Crippen LogP contribution in [-0.2, 0) is 14.4 Å². The SMILES string of the molecule is C=C(C)C(=O)NCC(=O)N[C@@H](CC(C)C)C(=O)O. The average Bonchev–Trinajstić information content (AvgIpc) is 2.23. The summed E-state index contributed by atoms with van der Waals surface area (Å²) in [5.41, 5.74) is 0.291. The summed E-state index contributed by atoms with van der Waals surface area (Å²) in [5.74, 6) is -1.89.